The molecule has 2 amide bonds. The molecule has 25 heavy (non-hydrogen) atoms. The first-order chi connectivity index (χ1) is 11.9. The minimum atomic E-state index is -0.411. The van der Waals surface area contributed by atoms with Crippen LogP contribution in [0, 0.1) is 5.82 Å². The number of likely N-dealkylation sites (N-methyl/N-ethyl adjacent to an activating group) is 1. The predicted molar refractivity (Wildman–Crippen MR) is 91.3 cm³/mol. The summed E-state index contributed by atoms with van der Waals surface area (Å²) < 4.78 is 18.2. The predicted octanol–water partition coefficient (Wildman–Crippen LogP) is 0.749. The van der Waals surface area contributed by atoms with E-state index < -0.39 is 5.97 Å². The Morgan fingerprint density at radius 3 is 2.52 bits per heavy atom. The maximum atomic E-state index is 13.0. The molecule has 1 heterocycles. The maximum absolute atomic E-state index is 13.0. The second kappa shape index (κ2) is 8.62. The van der Waals surface area contributed by atoms with Gasteiger partial charge >= 0.3 is 12.0 Å². The highest BCUT2D eigenvalue weighted by Crippen LogP contribution is 2.16. The van der Waals surface area contributed by atoms with Crippen LogP contribution in [0.1, 0.15) is 25.8 Å². The van der Waals surface area contributed by atoms with Gasteiger partial charge in [-0.2, -0.15) is 0 Å². The first-order valence-corrected chi connectivity index (χ1v) is 8.48. The number of amides is 2. The van der Waals surface area contributed by atoms with E-state index in [4.69, 9.17) is 4.74 Å². The van der Waals surface area contributed by atoms with E-state index in [2.05, 4.69) is 10.6 Å². The molecule has 0 bridgehead atoms. The molecule has 1 aromatic carbocycles. The number of rotatable bonds is 7. The molecule has 0 spiro atoms. The van der Waals surface area contributed by atoms with Crippen LogP contribution in [0.15, 0.2) is 35.5 Å². The van der Waals surface area contributed by atoms with Crippen molar-refractivity contribution in [3.8, 4) is 0 Å². The van der Waals surface area contributed by atoms with Gasteiger partial charge in [-0.05, 0) is 25.5 Å². The van der Waals surface area contributed by atoms with Crippen LogP contribution in [0.3, 0.4) is 0 Å². The van der Waals surface area contributed by atoms with E-state index in [1.54, 1.807) is 19.1 Å². The largest absolute Gasteiger partial charge is 0.463 e. The molecule has 136 valence electrons. The summed E-state index contributed by atoms with van der Waals surface area (Å²) >= 11 is 0. The van der Waals surface area contributed by atoms with Crippen LogP contribution in [-0.4, -0.2) is 38.2 Å². The number of hydrogen-bond acceptors (Lipinski definition) is 3. The van der Waals surface area contributed by atoms with Gasteiger partial charge in [0, 0.05) is 5.56 Å². The number of quaternary nitrogens is 1. The molecule has 2 atom stereocenters. The zero-order valence-electron chi connectivity index (χ0n) is 14.8. The van der Waals surface area contributed by atoms with Gasteiger partial charge in [-0.1, -0.05) is 19.1 Å². The molecular weight excluding hydrogens is 325 g/mol. The smallest absolute Gasteiger partial charge is 0.338 e. The zero-order chi connectivity index (χ0) is 18.4. The number of ether oxygens (including phenoxy) is 1. The van der Waals surface area contributed by atoms with Gasteiger partial charge in [-0.25, -0.2) is 14.0 Å². The minimum absolute atomic E-state index is 0.273. The van der Waals surface area contributed by atoms with Crippen molar-refractivity contribution in [2.75, 3.05) is 20.2 Å². The summed E-state index contributed by atoms with van der Waals surface area (Å²) in [4.78, 5) is 25.3. The third kappa shape index (κ3) is 5.03. The number of hydrogen-bond donors (Lipinski definition) is 3. The Balaban J connectivity index is 2.19. The SMILES string of the molecule is CCOC(=O)C1=C(C[NH+](C)Cc2ccc(F)cc2)NC(=O)N[C@@H]1CC. The van der Waals surface area contributed by atoms with Crippen LogP contribution in [0.2, 0.25) is 0 Å². The van der Waals surface area contributed by atoms with Crippen molar-refractivity contribution in [3.05, 3.63) is 46.9 Å². The van der Waals surface area contributed by atoms with Gasteiger partial charge in [-0.3, -0.25) is 0 Å². The highest BCUT2D eigenvalue weighted by atomic mass is 19.1. The van der Waals surface area contributed by atoms with Crippen LogP contribution in [0.4, 0.5) is 9.18 Å². The van der Waals surface area contributed by atoms with Gasteiger partial charge in [0.2, 0.25) is 0 Å². The molecule has 3 N–H and O–H groups in total. The number of esters is 1. The van der Waals surface area contributed by atoms with Crippen molar-refractivity contribution in [3.63, 3.8) is 0 Å². The van der Waals surface area contributed by atoms with E-state index in [0.29, 0.717) is 30.8 Å². The maximum Gasteiger partial charge on any atom is 0.338 e. The van der Waals surface area contributed by atoms with Crippen molar-refractivity contribution in [2.24, 2.45) is 0 Å². The fraction of sp³-hybridized carbons (Fsp3) is 0.444. The van der Waals surface area contributed by atoms with E-state index in [9.17, 15) is 14.0 Å². The molecule has 0 saturated carbocycles. The van der Waals surface area contributed by atoms with Crippen LogP contribution < -0.4 is 15.5 Å². The number of nitrogens with one attached hydrogen (secondary N) is 3. The third-order valence-corrected chi connectivity index (χ3v) is 4.04. The summed E-state index contributed by atoms with van der Waals surface area (Å²) in [6.45, 7) is 5.02. The Morgan fingerprint density at radius 1 is 1.24 bits per heavy atom. The molecule has 6 nitrogen and oxygen atoms in total. The van der Waals surface area contributed by atoms with Crippen molar-refractivity contribution in [2.45, 2.75) is 32.9 Å². The number of halogens is 1. The average Bonchev–Trinajstić information content (AvgIpc) is 2.56. The van der Waals surface area contributed by atoms with E-state index in [1.165, 1.54) is 12.1 Å². The highest BCUT2D eigenvalue weighted by Gasteiger charge is 2.32. The van der Waals surface area contributed by atoms with Gasteiger partial charge in [0.25, 0.3) is 0 Å². The lowest BCUT2D eigenvalue weighted by Crippen LogP contribution is -3.08. The Labute approximate surface area is 147 Å². The first kappa shape index (κ1) is 18.9. The summed E-state index contributed by atoms with van der Waals surface area (Å²) in [6.07, 6.45) is 0.599. The van der Waals surface area contributed by atoms with Gasteiger partial charge in [0.1, 0.15) is 18.9 Å². The molecule has 1 aliphatic heterocycles. The third-order valence-electron chi connectivity index (χ3n) is 4.04. The summed E-state index contributed by atoms with van der Waals surface area (Å²) in [6, 6.07) is 5.63. The van der Waals surface area contributed by atoms with E-state index in [1.807, 2.05) is 14.0 Å². The molecule has 7 heteroatoms. The summed E-state index contributed by atoms with van der Waals surface area (Å²) in [7, 11) is 1.95. The fourth-order valence-electron chi connectivity index (χ4n) is 2.92. The lowest BCUT2D eigenvalue weighted by molar-refractivity contribution is -0.889. The first-order valence-electron chi connectivity index (χ1n) is 8.48. The molecule has 2 rings (SSSR count). The van der Waals surface area contributed by atoms with Gasteiger partial charge in [0.15, 0.2) is 0 Å². The monoisotopic (exact) mass is 350 g/mol. The molecule has 0 fully saturated rings. The number of urea groups is 1. The van der Waals surface area contributed by atoms with E-state index in [0.717, 1.165) is 10.5 Å². The van der Waals surface area contributed by atoms with Gasteiger partial charge in [-0.15, -0.1) is 0 Å². The topological polar surface area (TPSA) is 71.9 Å². The molecule has 1 aliphatic rings. The average molecular weight is 350 g/mol. The van der Waals surface area contributed by atoms with Crippen LogP contribution >= 0.6 is 0 Å². The fourth-order valence-corrected chi connectivity index (χ4v) is 2.92. The van der Waals surface area contributed by atoms with Crippen molar-refractivity contribution in [1.29, 1.82) is 0 Å². The highest BCUT2D eigenvalue weighted by molar-refractivity contribution is 5.94. The van der Waals surface area contributed by atoms with Crippen molar-refractivity contribution < 1.29 is 23.6 Å². The lowest BCUT2D eigenvalue weighted by atomic mass is 10.00. The Bertz CT molecular complexity index is 658. The number of carbonyl (C=O) groups excluding carboxylic acids is 2. The number of carbonyl (C=O) groups is 2. The molecule has 0 aliphatic carbocycles. The van der Waals surface area contributed by atoms with Crippen LogP contribution in [0.5, 0.6) is 0 Å². The lowest BCUT2D eigenvalue weighted by Gasteiger charge is -2.29. The van der Waals surface area contributed by atoms with E-state index in [-0.39, 0.29) is 24.5 Å². The Morgan fingerprint density at radius 2 is 1.92 bits per heavy atom. The van der Waals surface area contributed by atoms with Crippen LogP contribution in [-0.2, 0) is 16.1 Å². The van der Waals surface area contributed by atoms with Crippen molar-refractivity contribution >= 4 is 12.0 Å². The summed E-state index contributed by atoms with van der Waals surface area (Å²) in [5.41, 5.74) is 2.03. The molecular formula is C18H25FN3O3+. The molecule has 1 aromatic rings. The quantitative estimate of drug-likeness (QED) is 0.636. The normalized spacial score (nSPS) is 18.4. The molecule has 0 aromatic heterocycles. The van der Waals surface area contributed by atoms with Crippen molar-refractivity contribution in [1.82, 2.24) is 10.6 Å². The van der Waals surface area contributed by atoms with Crippen LogP contribution in [0.25, 0.3) is 0 Å². The summed E-state index contributed by atoms with van der Waals surface area (Å²) in [5, 5.41) is 5.50. The minimum Gasteiger partial charge on any atom is -0.463 e. The second-order valence-electron chi connectivity index (χ2n) is 6.11. The van der Waals surface area contributed by atoms with E-state index >= 15 is 0 Å². The Kier molecular flexibility index (Phi) is 6.52. The molecule has 0 saturated heterocycles. The standard InChI is InChI=1S/C18H24FN3O3/c1-4-14-16(17(23)25-5-2)15(21-18(24)20-14)11-22(3)10-12-6-8-13(19)9-7-12/h6-9,14H,4-5,10-11H2,1-3H3,(H2,20,21,24)/p+1/t14-/m1/s1. The Hall–Kier alpha value is -2.41. The van der Waals surface area contributed by atoms with Gasteiger partial charge in [0.05, 0.1) is 31.0 Å². The molecule has 0 radical (unpaired) electrons. The molecule has 1 unspecified atom stereocenters. The second-order valence-corrected chi connectivity index (χ2v) is 6.11. The zero-order valence-corrected chi connectivity index (χ0v) is 14.8. The summed E-state index contributed by atoms with van der Waals surface area (Å²) in [5.74, 6) is -0.684. The number of benzene rings is 1. The van der Waals surface area contributed by atoms with Gasteiger partial charge < -0.3 is 20.3 Å².